The van der Waals surface area contributed by atoms with Crippen molar-refractivity contribution in [1.82, 2.24) is 29.9 Å². The van der Waals surface area contributed by atoms with E-state index in [0.29, 0.717) is 0 Å². The van der Waals surface area contributed by atoms with Crippen LogP contribution >= 0.6 is 0 Å². The second kappa shape index (κ2) is 22.4. The molecule has 352 valence electrons. The first-order valence-corrected chi connectivity index (χ1v) is 23.8. The molecule has 0 saturated carbocycles. The van der Waals surface area contributed by atoms with Crippen molar-refractivity contribution in [2.24, 2.45) is 0 Å². The van der Waals surface area contributed by atoms with E-state index < -0.39 is 83.5 Å². The fourth-order valence-electron chi connectivity index (χ4n) is 5.15. The third-order valence-electron chi connectivity index (χ3n) is 8.03. The number of likely N-dealkylation sites (N-methyl/N-ethyl adjacent to an activating group) is 2. The first-order chi connectivity index (χ1) is 29.9. The van der Waals surface area contributed by atoms with Gasteiger partial charge in [0.2, 0.25) is 35.7 Å². The summed E-state index contributed by atoms with van der Waals surface area (Å²) in [6, 6.07) is 7.73. The lowest BCUT2D eigenvalue weighted by atomic mass is 10.1. The van der Waals surface area contributed by atoms with Crippen LogP contribution in [0, 0.1) is 0 Å². The molecule has 3 unspecified atom stereocenters. The van der Waals surface area contributed by atoms with Gasteiger partial charge in [-0.15, -0.1) is 0 Å². The van der Waals surface area contributed by atoms with E-state index in [-0.39, 0.29) is 90.1 Å². The average molecular weight is 981 g/mol. The number of aromatic nitrogens is 6. The zero-order valence-corrected chi connectivity index (χ0v) is 36.8. The summed E-state index contributed by atoms with van der Waals surface area (Å²) < 4.78 is 125. The Hall–Kier alpha value is -5.52. The number of aliphatic hydroxyl groups excluding tert-OH is 4. The molecule has 0 fully saturated rings. The van der Waals surface area contributed by atoms with Crippen molar-refractivity contribution in [1.29, 1.82) is 0 Å². The molecule has 0 radical (unpaired) electrons. The number of hydrogen-bond donors (Lipinski definition) is 12. The lowest BCUT2D eigenvalue weighted by Gasteiger charge is -2.21. The van der Waals surface area contributed by atoms with Crippen LogP contribution in [0.3, 0.4) is 0 Å². The number of benzene rings is 2. The molecule has 12 N–H and O–H groups in total. The molecule has 4 aromatic rings. The van der Waals surface area contributed by atoms with Crippen molar-refractivity contribution in [3.63, 3.8) is 0 Å². The zero-order valence-electron chi connectivity index (χ0n) is 33.5. The largest absolute Gasteiger partial charge is 0.394 e. The SMILES string of the molecule is CN(CC(O)CO)c1nc(NCCS(=O)(=O)O)nc(Nc2ccc(C=Cc3ccc(Nc4nc(NCCS(=O)(=O)O)nc(N(C)CC(O)CO)n4)cc3S(=O)(=O)O)c(OS(=O)O)c2)n1. The van der Waals surface area contributed by atoms with Gasteiger partial charge in [0.1, 0.15) is 4.90 Å². The number of aliphatic hydroxyl groups is 4. The van der Waals surface area contributed by atoms with Gasteiger partial charge in [-0.25, -0.2) is 0 Å². The highest BCUT2D eigenvalue weighted by Gasteiger charge is 2.20. The maximum absolute atomic E-state index is 12.6. The standard InChI is InChI=1S/C32H44N12O16S4/c1-43(15-23(47)17-45)31-39-27(33-9-11-62(51,52)53)37-29(41-31)35-21-7-5-19(25(13-21)60-61(49)50)3-4-20-6-8-22(14-26(20)64(57,58)59)36-30-38-28(34-10-12-63(54,55)56)40-32(42-30)44(2)16-24(48)18-46/h3-8,13-14,23-24,45-48H,9-12,15-18H2,1-2H3,(H,49,50)(H,51,52,53)(H,54,55,56)(H,57,58,59)(H2,33,35,37,39,41)(H2,34,36,38,40,42). The maximum atomic E-state index is 12.6. The van der Waals surface area contributed by atoms with Crippen LogP contribution < -0.4 is 35.3 Å². The number of anilines is 8. The summed E-state index contributed by atoms with van der Waals surface area (Å²) in [6.07, 6.45) is 0.142. The van der Waals surface area contributed by atoms with Crippen molar-refractivity contribution in [3.8, 4) is 5.75 Å². The normalized spacial score (nSPS) is 13.5. The first-order valence-electron chi connectivity index (χ1n) is 18.1. The summed E-state index contributed by atoms with van der Waals surface area (Å²) in [6.45, 7) is -2.11. The molecule has 64 heavy (non-hydrogen) atoms. The van der Waals surface area contributed by atoms with E-state index in [1.165, 1.54) is 66.4 Å². The van der Waals surface area contributed by atoms with Crippen LogP contribution in [0.5, 0.6) is 5.75 Å². The topological polar surface area (TPSA) is 422 Å². The van der Waals surface area contributed by atoms with Gasteiger partial charge >= 0.3 is 11.4 Å². The summed E-state index contributed by atoms with van der Waals surface area (Å²) >= 11 is -2.88. The van der Waals surface area contributed by atoms with Crippen LogP contribution in [0.4, 0.5) is 47.1 Å². The van der Waals surface area contributed by atoms with E-state index in [1.807, 2.05) is 0 Å². The summed E-state index contributed by atoms with van der Waals surface area (Å²) in [5.41, 5.74) is 0.184. The Balaban J connectivity index is 1.66. The van der Waals surface area contributed by atoms with Crippen molar-refractivity contribution in [2.45, 2.75) is 17.1 Å². The number of nitrogens with one attached hydrogen (secondary N) is 4. The Morgan fingerprint density at radius 3 is 1.52 bits per heavy atom. The van der Waals surface area contributed by atoms with Crippen molar-refractivity contribution in [3.05, 3.63) is 47.5 Å². The monoisotopic (exact) mass is 980 g/mol. The minimum atomic E-state index is -4.95. The van der Waals surface area contributed by atoms with Gasteiger partial charge in [-0.1, -0.05) is 18.2 Å². The molecule has 0 spiro atoms. The molecule has 0 bridgehead atoms. The molecular weight excluding hydrogens is 937 g/mol. The summed E-state index contributed by atoms with van der Waals surface area (Å²) in [5.74, 6) is -2.54. The highest BCUT2D eigenvalue weighted by atomic mass is 32.2. The molecule has 0 saturated heterocycles. The van der Waals surface area contributed by atoms with Crippen LogP contribution in [0.25, 0.3) is 12.2 Å². The number of nitrogens with zero attached hydrogens (tertiary/aromatic N) is 8. The smallest absolute Gasteiger partial charge is 0.357 e. The first kappa shape index (κ1) is 51.1. The van der Waals surface area contributed by atoms with Crippen molar-refractivity contribution >= 4 is 101 Å². The molecule has 4 rings (SSSR count). The molecule has 2 heterocycles. The van der Waals surface area contributed by atoms with E-state index >= 15 is 0 Å². The van der Waals surface area contributed by atoms with Crippen LogP contribution in [0.15, 0.2) is 41.3 Å². The lowest BCUT2D eigenvalue weighted by molar-refractivity contribution is 0.101. The molecular formula is C32H44N12O16S4. The molecule has 28 nitrogen and oxygen atoms in total. The summed E-state index contributed by atoms with van der Waals surface area (Å²) in [5, 5.41) is 49.2. The highest BCUT2D eigenvalue weighted by molar-refractivity contribution is 7.86. The second-order valence-electron chi connectivity index (χ2n) is 13.3. The van der Waals surface area contributed by atoms with E-state index in [4.69, 9.17) is 13.3 Å². The predicted octanol–water partition coefficient (Wildman–Crippen LogP) is -1.35. The van der Waals surface area contributed by atoms with Crippen LogP contribution in [0.1, 0.15) is 11.1 Å². The predicted molar refractivity (Wildman–Crippen MR) is 232 cm³/mol. The lowest BCUT2D eigenvalue weighted by Crippen LogP contribution is -2.32. The van der Waals surface area contributed by atoms with Gasteiger partial charge < -0.3 is 55.7 Å². The van der Waals surface area contributed by atoms with Crippen molar-refractivity contribution < 1.29 is 72.3 Å². The molecule has 3 atom stereocenters. The zero-order chi connectivity index (χ0) is 47.4. The Morgan fingerprint density at radius 2 is 1.09 bits per heavy atom. The summed E-state index contributed by atoms with van der Waals surface area (Å²) in [7, 11) is -10.7. The van der Waals surface area contributed by atoms with E-state index in [9.17, 15) is 59.0 Å². The maximum Gasteiger partial charge on any atom is 0.357 e. The third kappa shape index (κ3) is 16.9. The van der Waals surface area contributed by atoms with E-state index in [0.717, 1.165) is 6.07 Å². The quantitative estimate of drug-likeness (QED) is 0.0208. The van der Waals surface area contributed by atoms with Gasteiger partial charge in [-0.05, 0) is 29.8 Å². The number of hydrogen-bond acceptors (Lipinski definition) is 24. The van der Waals surface area contributed by atoms with E-state index in [1.54, 1.807) is 0 Å². The minimum Gasteiger partial charge on any atom is -0.394 e. The highest BCUT2D eigenvalue weighted by Crippen LogP contribution is 2.30. The molecule has 0 aliphatic rings. The molecule has 0 amide bonds. The van der Waals surface area contributed by atoms with Crippen molar-refractivity contribution in [2.75, 3.05) is 96.1 Å². The van der Waals surface area contributed by atoms with Gasteiger partial charge in [0.15, 0.2) is 5.75 Å². The number of rotatable bonds is 25. The van der Waals surface area contributed by atoms with Gasteiger partial charge in [0.25, 0.3) is 30.4 Å². The molecule has 32 heteroatoms. The second-order valence-corrected chi connectivity index (χ2v) is 18.4. The Bertz CT molecular complexity index is 2650. The van der Waals surface area contributed by atoms with Crippen LogP contribution in [-0.2, 0) is 41.7 Å². The third-order valence-corrected chi connectivity index (χ3v) is 10.7. The van der Waals surface area contributed by atoms with E-state index in [2.05, 4.69) is 51.2 Å². The Morgan fingerprint density at radius 1 is 0.672 bits per heavy atom. The van der Waals surface area contributed by atoms with Crippen LogP contribution in [0.2, 0.25) is 0 Å². The Labute approximate surface area is 368 Å². The molecule has 2 aromatic heterocycles. The molecule has 0 aliphatic carbocycles. The van der Waals surface area contributed by atoms with Gasteiger partial charge in [-0.2, -0.15) is 59.4 Å². The average Bonchev–Trinajstić information content (AvgIpc) is 3.19. The van der Waals surface area contributed by atoms with Crippen LogP contribution in [-0.4, -0.2) is 175 Å². The van der Waals surface area contributed by atoms with Gasteiger partial charge in [0, 0.05) is 63.3 Å². The van der Waals surface area contributed by atoms with Gasteiger partial charge in [0.05, 0.1) is 36.9 Å². The fraction of sp³-hybridized carbons (Fsp3) is 0.375. The summed E-state index contributed by atoms with van der Waals surface area (Å²) in [4.78, 5) is 27.1. The minimum absolute atomic E-state index is 0.00743. The fourth-order valence-corrected chi connectivity index (χ4v) is 6.87. The molecule has 2 aromatic carbocycles. The Kier molecular flexibility index (Phi) is 17.9. The molecule has 0 aliphatic heterocycles. The van der Waals surface area contributed by atoms with Gasteiger partial charge in [-0.3, -0.25) is 18.2 Å².